The lowest BCUT2D eigenvalue weighted by molar-refractivity contribution is -0.137. The average Bonchev–Trinajstić information content (AvgIpc) is 2.13. The molecule has 16 heavy (non-hydrogen) atoms. The highest BCUT2D eigenvalue weighted by Gasteiger charge is 2.26. The number of carboxylic acid groups (broad SMARTS) is 1. The fraction of sp³-hybridized carbons (Fsp3) is 0.889. The number of carboxylic acids is 1. The van der Waals surface area contributed by atoms with Gasteiger partial charge in [0, 0.05) is 6.04 Å². The Labute approximate surface area is 95.3 Å². The molecule has 0 amide bonds. The summed E-state index contributed by atoms with van der Waals surface area (Å²) in [6.07, 6.45) is 0.389. The zero-order chi connectivity index (χ0) is 12.8. The smallest absolute Gasteiger partial charge is 0.318 e. The molecule has 0 fully saturated rings. The van der Waals surface area contributed by atoms with Crippen molar-refractivity contribution in [1.82, 2.24) is 4.31 Å². The summed E-state index contributed by atoms with van der Waals surface area (Å²) in [6, 6.07) is -0.411. The number of rotatable bonds is 8. The Morgan fingerprint density at radius 3 is 2.31 bits per heavy atom. The first-order valence-electron chi connectivity index (χ1n) is 5.08. The molecular formula is C9H18FNO4S. The van der Waals surface area contributed by atoms with Crippen molar-refractivity contribution in [2.75, 3.05) is 19.0 Å². The van der Waals surface area contributed by atoms with Gasteiger partial charge in [0.15, 0.2) is 0 Å². The van der Waals surface area contributed by atoms with Crippen LogP contribution in [0.5, 0.6) is 0 Å². The maximum Gasteiger partial charge on any atom is 0.318 e. The van der Waals surface area contributed by atoms with Crippen LogP contribution >= 0.6 is 0 Å². The molecule has 0 unspecified atom stereocenters. The van der Waals surface area contributed by atoms with Gasteiger partial charge in [0.25, 0.3) is 0 Å². The van der Waals surface area contributed by atoms with Crippen molar-refractivity contribution < 1.29 is 22.7 Å². The third kappa shape index (κ3) is 5.41. The molecule has 0 aliphatic carbocycles. The molecule has 0 bridgehead atoms. The van der Waals surface area contributed by atoms with Crippen molar-refractivity contribution in [1.29, 1.82) is 0 Å². The molecule has 0 saturated heterocycles. The fourth-order valence-electron chi connectivity index (χ4n) is 1.23. The summed E-state index contributed by atoms with van der Waals surface area (Å²) in [5, 5.41) is 8.60. The molecule has 0 heterocycles. The molecule has 5 nitrogen and oxygen atoms in total. The number of carbonyl (C=O) groups is 1. The number of hydrogen-bond donors (Lipinski definition) is 1. The Hall–Kier alpha value is -0.690. The Kier molecular flexibility index (Phi) is 6.51. The average molecular weight is 255 g/mol. The van der Waals surface area contributed by atoms with Gasteiger partial charge in [-0.3, -0.25) is 9.18 Å². The van der Waals surface area contributed by atoms with Gasteiger partial charge in [0.2, 0.25) is 10.0 Å². The number of aliphatic carboxylic acids is 1. The van der Waals surface area contributed by atoms with E-state index < -0.39 is 35.3 Å². The maximum absolute atomic E-state index is 11.8. The molecule has 0 rings (SSSR count). The van der Waals surface area contributed by atoms with Crippen molar-refractivity contribution in [3.8, 4) is 0 Å². The fourth-order valence-corrected chi connectivity index (χ4v) is 2.98. The predicted octanol–water partition coefficient (Wildman–Crippen LogP) is 0.861. The monoisotopic (exact) mass is 255 g/mol. The summed E-state index contributed by atoms with van der Waals surface area (Å²) >= 11 is 0. The highest BCUT2D eigenvalue weighted by atomic mass is 32.2. The van der Waals surface area contributed by atoms with E-state index in [-0.39, 0.29) is 18.6 Å². The molecule has 0 aliphatic rings. The number of alkyl halides is 1. The molecule has 1 N–H and O–H groups in total. The van der Waals surface area contributed by atoms with Crippen molar-refractivity contribution in [3.63, 3.8) is 0 Å². The van der Waals surface area contributed by atoms with Gasteiger partial charge >= 0.3 is 5.97 Å². The van der Waals surface area contributed by atoms with Gasteiger partial charge in [-0.15, -0.1) is 0 Å². The number of sulfonamides is 1. The number of unbranched alkanes of at least 4 members (excludes halogenated alkanes) is 1. The van der Waals surface area contributed by atoms with Crippen LogP contribution < -0.4 is 0 Å². The van der Waals surface area contributed by atoms with Crippen molar-refractivity contribution in [3.05, 3.63) is 0 Å². The van der Waals surface area contributed by atoms with E-state index in [9.17, 15) is 17.6 Å². The Morgan fingerprint density at radius 2 is 1.94 bits per heavy atom. The summed E-state index contributed by atoms with van der Waals surface area (Å²) in [7, 11) is -3.60. The van der Waals surface area contributed by atoms with E-state index in [4.69, 9.17) is 5.11 Å². The van der Waals surface area contributed by atoms with Crippen LogP contribution in [0.1, 0.15) is 26.7 Å². The standard InChI is InChI=1S/C9H18FNO4S/c1-8(2)11(7-9(12)13)16(14,15)6-4-3-5-10/h8H,3-7H2,1-2H3,(H,12,13). The highest BCUT2D eigenvalue weighted by molar-refractivity contribution is 7.89. The normalized spacial score (nSPS) is 12.3. The zero-order valence-electron chi connectivity index (χ0n) is 9.52. The van der Waals surface area contributed by atoms with Crippen LogP contribution in [-0.2, 0) is 14.8 Å². The van der Waals surface area contributed by atoms with E-state index >= 15 is 0 Å². The van der Waals surface area contributed by atoms with Crippen molar-refractivity contribution >= 4 is 16.0 Å². The van der Waals surface area contributed by atoms with Crippen LogP contribution in [-0.4, -0.2) is 48.8 Å². The second-order valence-corrected chi connectivity index (χ2v) is 5.79. The van der Waals surface area contributed by atoms with Gasteiger partial charge in [-0.1, -0.05) is 0 Å². The van der Waals surface area contributed by atoms with Crippen LogP contribution in [0.25, 0.3) is 0 Å². The molecule has 7 heteroatoms. The van der Waals surface area contributed by atoms with Crippen LogP contribution in [0.2, 0.25) is 0 Å². The third-order valence-corrected chi connectivity index (χ3v) is 4.08. The first-order chi connectivity index (χ1) is 7.31. The van der Waals surface area contributed by atoms with Crippen LogP contribution in [0.3, 0.4) is 0 Å². The SMILES string of the molecule is CC(C)N(CC(=O)O)S(=O)(=O)CCCCF. The van der Waals surface area contributed by atoms with Crippen LogP contribution in [0.15, 0.2) is 0 Å². The van der Waals surface area contributed by atoms with Gasteiger partial charge in [-0.2, -0.15) is 4.31 Å². The molecule has 0 aromatic rings. The lowest BCUT2D eigenvalue weighted by Gasteiger charge is -2.23. The Bertz CT molecular complexity index is 315. The van der Waals surface area contributed by atoms with Crippen LogP contribution in [0, 0.1) is 0 Å². The van der Waals surface area contributed by atoms with E-state index in [0.29, 0.717) is 0 Å². The van der Waals surface area contributed by atoms with E-state index in [1.165, 1.54) is 0 Å². The summed E-state index contributed by atoms with van der Waals surface area (Å²) in [4.78, 5) is 10.5. The van der Waals surface area contributed by atoms with Gasteiger partial charge in [-0.05, 0) is 26.7 Å². The summed E-state index contributed by atoms with van der Waals surface area (Å²) < 4.78 is 36.2. The van der Waals surface area contributed by atoms with E-state index in [2.05, 4.69) is 0 Å². The first-order valence-corrected chi connectivity index (χ1v) is 6.69. The molecule has 0 saturated carbocycles. The van der Waals surface area contributed by atoms with Gasteiger partial charge in [-0.25, -0.2) is 8.42 Å². The molecule has 0 aliphatic heterocycles. The second-order valence-electron chi connectivity index (χ2n) is 3.74. The predicted molar refractivity (Wildman–Crippen MR) is 58.5 cm³/mol. The van der Waals surface area contributed by atoms with E-state index in [1.54, 1.807) is 13.8 Å². The van der Waals surface area contributed by atoms with Crippen LogP contribution in [0.4, 0.5) is 4.39 Å². The lowest BCUT2D eigenvalue weighted by Crippen LogP contribution is -2.41. The molecule has 0 aromatic heterocycles. The van der Waals surface area contributed by atoms with Gasteiger partial charge in [0.05, 0.1) is 12.4 Å². The minimum absolute atomic E-state index is 0.179. The molecule has 96 valence electrons. The van der Waals surface area contributed by atoms with Gasteiger partial charge in [0.1, 0.15) is 6.54 Å². The first kappa shape index (κ1) is 15.3. The molecule has 0 spiro atoms. The van der Waals surface area contributed by atoms with Crippen molar-refractivity contribution in [2.45, 2.75) is 32.7 Å². The zero-order valence-corrected chi connectivity index (χ0v) is 10.3. The summed E-state index contributed by atoms with van der Waals surface area (Å²) in [5.74, 6) is -1.40. The number of hydrogen-bond acceptors (Lipinski definition) is 3. The topological polar surface area (TPSA) is 74.7 Å². The molecular weight excluding hydrogens is 237 g/mol. The summed E-state index contributed by atoms with van der Waals surface area (Å²) in [6.45, 7) is 2.11. The lowest BCUT2D eigenvalue weighted by atomic mass is 10.4. The maximum atomic E-state index is 11.8. The van der Waals surface area contributed by atoms with Crippen molar-refractivity contribution in [2.24, 2.45) is 0 Å². The minimum Gasteiger partial charge on any atom is -0.480 e. The van der Waals surface area contributed by atoms with Gasteiger partial charge < -0.3 is 5.11 Å². The molecule has 0 aromatic carbocycles. The summed E-state index contributed by atoms with van der Waals surface area (Å²) in [5.41, 5.74) is 0. The second kappa shape index (κ2) is 6.80. The largest absolute Gasteiger partial charge is 0.480 e. The Morgan fingerprint density at radius 1 is 1.38 bits per heavy atom. The molecule has 0 radical (unpaired) electrons. The van der Waals surface area contributed by atoms with E-state index in [0.717, 1.165) is 4.31 Å². The quantitative estimate of drug-likeness (QED) is 0.653. The minimum atomic E-state index is -3.60. The molecule has 0 atom stereocenters. The third-order valence-electron chi connectivity index (χ3n) is 2.01. The number of halogens is 1. The Balaban J connectivity index is 4.57. The number of nitrogens with zero attached hydrogens (tertiary/aromatic N) is 1. The highest BCUT2D eigenvalue weighted by Crippen LogP contribution is 2.09. The van der Waals surface area contributed by atoms with E-state index in [1.807, 2.05) is 0 Å².